The second-order valence-corrected chi connectivity index (χ2v) is 9.00. The van der Waals surface area contributed by atoms with E-state index in [9.17, 15) is 22.8 Å². The summed E-state index contributed by atoms with van der Waals surface area (Å²) >= 11 is 0. The van der Waals surface area contributed by atoms with Crippen molar-refractivity contribution in [3.8, 4) is 5.75 Å². The second kappa shape index (κ2) is 9.79. The van der Waals surface area contributed by atoms with E-state index < -0.39 is 27.9 Å². The molecule has 1 fully saturated rings. The van der Waals surface area contributed by atoms with Crippen molar-refractivity contribution in [1.82, 2.24) is 9.62 Å². The maximum atomic E-state index is 13.2. The van der Waals surface area contributed by atoms with Crippen molar-refractivity contribution >= 4 is 39.1 Å². The number of amides is 3. The third kappa shape index (κ3) is 5.42. The van der Waals surface area contributed by atoms with Crippen LogP contribution < -0.4 is 20.7 Å². The first-order valence-corrected chi connectivity index (χ1v) is 11.3. The van der Waals surface area contributed by atoms with Crippen LogP contribution in [0.2, 0.25) is 0 Å². The predicted octanol–water partition coefficient (Wildman–Crippen LogP) is 1.17. The van der Waals surface area contributed by atoms with Crippen LogP contribution in [0.5, 0.6) is 5.75 Å². The van der Waals surface area contributed by atoms with Crippen molar-refractivity contribution in [3.63, 3.8) is 0 Å². The molecule has 1 heterocycles. The maximum Gasteiger partial charge on any atom is 0.243 e. The van der Waals surface area contributed by atoms with E-state index in [0.717, 1.165) is 4.31 Å². The van der Waals surface area contributed by atoms with E-state index in [-0.39, 0.29) is 30.3 Å². The number of carbonyl (C=O) groups excluding carboxylic acids is 3. The molecule has 2 aromatic carbocycles. The number of hydrogen-bond acceptors (Lipinski definition) is 6. The van der Waals surface area contributed by atoms with Crippen LogP contribution >= 0.6 is 0 Å². The zero-order valence-corrected chi connectivity index (χ0v) is 18.4. The molecule has 0 aliphatic carbocycles. The van der Waals surface area contributed by atoms with Crippen LogP contribution in [0, 0.1) is 0 Å². The molecular weight excluding hydrogens is 436 g/mol. The summed E-state index contributed by atoms with van der Waals surface area (Å²) in [5.41, 5.74) is 0.913. The molecule has 3 amide bonds. The summed E-state index contributed by atoms with van der Waals surface area (Å²) in [5.74, 6) is -0.794. The Bertz CT molecular complexity index is 1120. The van der Waals surface area contributed by atoms with Crippen LogP contribution in [-0.2, 0) is 24.4 Å². The molecule has 3 rings (SSSR count). The van der Waals surface area contributed by atoms with Gasteiger partial charge in [-0.3, -0.25) is 14.4 Å². The second-order valence-electron chi connectivity index (χ2n) is 7.11. The van der Waals surface area contributed by atoms with Gasteiger partial charge in [0, 0.05) is 37.5 Å². The number of carbonyl (C=O) groups is 3. The number of sulfonamides is 1. The summed E-state index contributed by atoms with van der Waals surface area (Å²) in [6, 6.07) is 11.1. The Morgan fingerprint density at radius 1 is 1.12 bits per heavy atom. The standard InChI is InChI=1S/C21H24N4O6S/c1-14(26)23-15-6-8-18(9-7-15)32(29,30)25-11-10-22-21(28)19(25)13-20(27)24-16-4-3-5-17(12-16)31-2/h3-9,12,19H,10-11,13H2,1-2H3,(H,22,28)(H,23,26)(H,24,27)/t19-/m0/s1. The molecular formula is C21H24N4O6S. The van der Waals surface area contributed by atoms with E-state index in [4.69, 9.17) is 4.74 Å². The van der Waals surface area contributed by atoms with Crippen LogP contribution in [0.25, 0.3) is 0 Å². The molecule has 32 heavy (non-hydrogen) atoms. The first kappa shape index (κ1) is 23.2. The van der Waals surface area contributed by atoms with Crippen molar-refractivity contribution < 1.29 is 27.5 Å². The van der Waals surface area contributed by atoms with E-state index in [1.54, 1.807) is 24.3 Å². The number of ether oxygens (including phenoxy) is 1. The SMILES string of the molecule is COc1cccc(NC(=O)C[C@H]2C(=O)NCCN2S(=O)(=O)c2ccc(NC(C)=O)cc2)c1. The molecule has 170 valence electrons. The van der Waals surface area contributed by atoms with Gasteiger partial charge in [0.25, 0.3) is 0 Å². The molecule has 0 bridgehead atoms. The molecule has 11 heteroatoms. The van der Waals surface area contributed by atoms with Gasteiger partial charge in [0.15, 0.2) is 0 Å². The monoisotopic (exact) mass is 460 g/mol. The molecule has 1 aliphatic heterocycles. The van der Waals surface area contributed by atoms with Crippen molar-refractivity contribution in [3.05, 3.63) is 48.5 Å². The zero-order valence-electron chi connectivity index (χ0n) is 17.6. The molecule has 1 atom stereocenters. The number of hydrogen-bond donors (Lipinski definition) is 3. The average Bonchev–Trinajstić information content (AvgIpc) is 2.75. The Hall–Kier alpha value is -3.44. The number of piperazine rings is 1. The smallest absolute Gasteiger partial charge is 0.243 e. The zero-order chi connectivity index (χ0) is 23.3. The number of anilines is 2. The van der Waals surface area contributed by atoms with Crippen LogP contribution in [-0.4, -0.2) is 56.7 Å². The number of rotatable bonds is 7. The minimum atomic E-state index is -4.06. The first-order chi connectivity index (χ1) is 15.2. The van der Waals surface area contributed by atoms with E-state index in [1.165, 1.54) is 38.3 Å². The lowest BCUT2D eigenvalue weighted by Crippen LogP contribution is -2.57. The minimum absolute atomic E-state index is 0.0264. The third-order valence-electron chi connectivity index (χ3n) is 4.80. The van der Waals surface area contributed by atoms with Gasteiger partial charge in [0.2, 0.25) is 27.7 Å². The van der Waals surface area contributed by atoms with Gasteiger partial charge in [-0.05, 0) is 36.4 Å². The fourth-order valence-electron chi connectivity index (χ4n) is 3.31. The lowest BCUT2D eigenvalue weighted by Gasteiger charge is -2.33. The molecule has 1 saturated heterocycles. The normalized spacial score (nSPS) is 16.7. The quantitative estimate of drug-likeness (QED) is 0.568. The van der Waals surface area contributed by atoms with Gasteiger partial charge in [0.1, 0.15) is 11.8 Å². The third-order valence-corrected chi connectivity index (χ3v) is 6.72. The lowest BCUT2D eigenvalue weighted by atomic mass is 10.1. The van der Waals surface area contributed by atoms with Crippen LogP contribution in [0.1, 0.15) is 13.3 Å². The van der Waals surface area contributed by atoms with Crippen LogP contribution in [0.15, 0.2) is 53.4 Å². The van der Waals surface area contributed by atoms with Crippen molar-refractivity contribution in [2.45, 2.75) is 24.3 Å². The van der Waals surface area contributed by atoms with Crippen molar-refractivity contribution in [2.24, 2.45) is 0 Å². The molecule has 0 saturated carbocycles. The largest absolute Gasteiger partial charge is 0.497 e. The van der Waals surface area contributed by atoms with Crippen LogP contribution in [0.4, 0.5) is 11.4 Å². The first-order valence-electron chi connectivity index (χ1n) is 9.82. The molecule has 1 aliphatic rings. The number of methoxy groups -OCH3 is 1. The Labute approximate surface area is 186 Å². The summed E-state index contributed by atoms with van der Waals surface area (Å²) in [7, 11) is -2.56. The number of nitrogens with zero attached hydrogens (tertiary/aromatic N) is 1. The maximum absolute atomic E-state index is 13.2. The molecule has 10 nitrogen and oxygen atoms in total. The predicted molar refractivity (Wildman–Crippen MR) is 118 cm³/mol. The number of nitrogens with one attached hydrogen (secondary N) is 3. The highest BCUT2D eigenvalue weighted by atomic mass is 32.2. The summed E-state index contributed by atoms with van der Waals surface area (Å²) in [6.07, 6.45) is -0.355. The summed E-state index contributed by atoms with van der Waals surface area (Å²) in [4.78, 5) is 36.2. The van der Waals surface area contributed by atoms with Gasteiger partial charge in [-0.2, -0.15) is 4.31 Å². The summed E-state index contributed by atoms with van der Waals surface area (Å²) < 4.78 is 32.6. The summed E-state index contributed by atoms with van der Waals surface area (Å²) in [5, 5.41) is 7.84. The Kier molecular flexibility index (Phi) is 7.11. The highest BCUT2D eigenvalue weighted by Crippen LogP contribution is 2.24. The van der Waals surface area contributed by atoms with Gasteiger partial charge in [0.05, 0.1) is 18.4 Å². The molecule has 0 unspecified atom stereocenters. The topological polar surface area (TPSA) is 134 Å². The van der Waals surface area contributed by atoms with Gasteiger partial charge in [-0.1, -0.05) is 6.07 Å². The lowest BCUT2D eigenvalue weighted by molar-refractivity contribution is -0.130. The van der Waals surface area contributed by atoms with E-state index >= 15 is 0 Å². The van der Waals surface area contributed by atoms with Crippen molar-refractivity contribution in [1.29, 1.82) is 0 Å². The highest BCUT2D eigenvalue weighted by Gasteiger charge is 2.39. The molecule has 0 radical (unpaired) electrons. The minimum Gasteiger partial charge on any atom is -0.497 e. The fraction of sp³-hybridized carbons (Fsp3) is 0.286. The average molecular weight is 461 g/mol. The van der Waals surface area contributed by atoms with Crippen LogP contribution in [0.3, 0.4) is 0 Å². The van der Waals surface area contributed by atoms with Gasteiger partial charge < -0.3 is 20.7 Å². The van der Waals surface area contributed by atoms with E-state index in [0.29, 0.717) is 17.1 Å². The van der Waals surface area contributed by atoms with Gasteiger partial charge in [-0.15, -0.1) is 0 Å². The molecule has 0 spiro atoms. The van der Waals surface area contributed by atoms with Gasteiger partial charge >= 0.3 is 0 Å². The molecule has 3 N–H and O–H groups in total. The van der Waals surface area contributed by atoms with Crippen molar-refractivity contribution in [2.75, 3.05) is 30.8 Å². The molecule has 2 aromatic rings. The Morgan fingerprint density at radius 3 is 2.50 bits per heavy atom. The Balaban J connectivity index is 1.78. The molecule has 0 aromatic heterocycles. The number of benzene rings is 2. The van der Waals surface area contributed by atoms with E-state index in [1.807, 2.05) is 0 Å². The highest BCUT2D eigenvalue weighted by molar-refractivity contribution is 7.89. The fourth-order valence-corrected chi connectivity index (χ4v) is 4.90. The Morgan fingerprint density at radius 2 is 1.84 bits per heavy atom. The van der Waals surface area contributed by atoms with Gasteiger partial charge in [-0.25, -0.2) is 8.42 Å². The summed E-state index contributed by atoms with van der Waals surface area (Å²) in [6.45, 7) is 1.51. The van der Waals surface area contributed by atoms with E-state index in [2.05, 4.69) is 16.0 Å².